The quantitative estimate of drug-likeness (QED) is 0.488. The zero-order chi connectivity index (χ0) is 18.9. The molecule has 0 aliphatic heterocycles. The number of nitrogens with zero attached hydrogens (tertiary/aromatic N) is 2. The number of aromatic nitrogens is 2. The number of rotatable bonds is 8. The van der Waals surface area contributed by atoms with Gasteiger partial charge < -0.3 is 13.9 Å². The van der Waals surface area contributed by atoms with Crippen LogP contribution >= 0.6 is 0 Å². The van der Waals surface area contributed by atoms with Crippen molar-refractivity contribution in [2.45, 2.75) is 53.4 Å². The van der Waals surface area contributed by atoms with E-state index in [0.29, 0.717) is 11.8 Å². The van der Waals surface area contributed by atoms with Crippen LogP contribution in [0.1, 0.15) is 53.4 Å². The fourth-order valence-electron chi connectivity index (χ4n) is 3.29. The number of hydrogen-bond donors (Lipinski definition) is 0. The van der Waals surface area contributed by atoms with Crippen molar-refractivity contribution in [3.05, 3.63) is 36.5 Å². The second-order valence-electron chi connectivity index (χ2n) is 6.29. The zero-order valence-electron chi connectivity index (χ0n) is 16.8. The summed E-state index contributed by atoms with van der Waals surface area (Å²) in [5.41, 5.74) is 2.96. The van der Waals surface area contributed by atoms with Crippen molar-refractivity contribution in [1.82, 2.24) is 9.38 Å². The molecule has 0 amide bonds. The molecule has 0 saturated carbocycles. The minimum atomic E-state index is 0.595. The van der Waals surface area contributed by atoms with Gasteiger partial charge in [0.2, 0.25) is 5.88 Å². The van der Waals surface area contributed by atoms with Crippen molar-refractivity contribution in [2.75, 3.05) is 13.7 Å². The number of ether oxygens (including phenoxy) is 2. The van der Waals surface area contributed by atoms with Crippen molar-refractivity contribution in [2.24, 2.45) is 5.92 Å². The molecule has 3 rings (SSSR count). The van der Waals surface area contributed by atoms with Crippen LogP contribution in [0.25, 0.3) is 16.6 Å². The third-order valence-corrected chi connectivity index (χ3v) is 4.48. The van der Waals surface area contributed by atoms with Gasteiger partial charge in [-0.05, 0) is 43.0 Å². The first kappa shape index (κ1) is 20.1. The maximum Gasteiger partial charge on any atom is 0.238 e. The lowest BCUT2D eigenvalue weighted by Gasteiger charge is -2.17. The van der Waals surface area contributed by atoms with Crippen LogP contribution in [0.3, 0.4) is 0 Å². The predicted octanol–water partition coefficient (Wildman–Crippen LogP) is 6.12. The summed E-state index contributed by atoms with van der Waals surface area (Å²) in [5, 5.41) is 0. The van der Waals surface area contributed by atoms with Crippen LogP contribution < -0.4 is 9.47 Å². The molecule has 0 unspecified atom stereocenters. The minimum absolute atomic E-state index is 0.595. The SMILES string of the molecule is CC.CCCC(CCC)COc1nc2cc(OC)ccc2n2cccc12. The summed E-state index contributed by atoms with van der Waals surface area (Å²) in [6.45, 7) is 9.19. The second-order valence-corrected chi connectivity index (χ2v) is 6.29. The van der Waals surface area contributed by atoms with Gasteiger partial charge in [0.15, 0.2) is 0 Å². The average Bonchev–Trinajstić information content (AvgIpc) is 3.17. The van der Waals surface area contributed by atoms with Gasteiger partial charge in [-0.25, -0.2) is 4.98 Å². The average molecular weight is 357 g/mol. The molecule has 0 N–H and O–H groups in total. The van der Waals surface area contributed by atoms with Crippen molar-refractivity contribution >= 4 is 16.6 Å². The summed E-state index contributed by atoms with van der Waals surface area (Å²) >= 11 is 0. The Kier molecular flexibility index (Phi) is 7.76. The van der Waals surface area contributed by atoms with Gasteiger partial charge in [-0.1, -0.05) is 40.5 Å². The topological polar surface area (TPSA) is 35.8 Å². The first-order valence-electron chi connectivity index (χ1n) is 9.84. The van der Waals surface area contributed by atoms with E-state index in [1.807, 2.05) is 44.3 Å². The molecule has 4 nitrogen and oxygen atoms in total. The van der Waals surface area contributed by atoms with Gasteiger partial charge in [0.05, 0.1) is 24.8 Å². The summed E-state index contributed by atoms with van der Waals surface area (Å²) in [5.74, 6) is 2.11. The molecule has 0 fully saturated rings. The number of methoxy groups -OCH3 is 1. The van der Waals surface area contributed by atoms with E-state index in [2.05, 4.69) is 24.3 Å². The largest absolute Gasteiger partial charge is 0.497 e. The molecule has 2 aromatic heterocycles. The van der Waals surface area contributed by atoms with Crippen LogP contribution in [0.2, 0.25) is 0 Å². The molecule has 0 aliphatic carbocycles. The Morgan fingerprint density at radius 2 is 1.77 bits per heavy atom. The second kappa shape index (κ2) is 10.0. The first-order chi connectivity index (χ1) is 12.8. The van der Waals surface area contributed by atoms with Crippen LogP contribution in [-0.4, -0.2) is 23.1 Å². The molecular formula is C22H32N2O2. The smallest absolute Gasteiger partial charge is 0.238 e. The molecule has 142 valence electrons. The minimum Gasteiger partial charge on any atom is -0.497 e. The summed E-state index contributed by atoms with van der Waals surface area (Å²) < 4.78 is 13.6. The third kappa shape index (κ3) is 4.48. The highest BCUT2D eigenvalue weighted by Gasteiger charge is 2.13. The highest BCUT2D eigenvalue weighted by Crippen LogP contribution is 2.27. The summed E-state index contributed by atoms with van der Waals surface area (Å²) in [6.07, 6.45) is 6.83. The molecule has 0 radical (unpaired) electrons. The van der Waals surface area contributed by atoms with E-state index in [4.69, 9.17) is 14.5 Å². The van der Waals surface area contributed by atoms with Crippen molar-refractivity contribution in [3.63, 3.8) is 0 Å². The molecule has 4 heteroatoms. The lowest BCUT2D eigenvalue weighted by molar-refractivity contribution is 0.225. The van der Waals surface area contributed by atoms with Gasteiger partial charge in [-0.15, -0.1) is 0 Å². The monoisotopic (exact) mass is 356 g/mol. The lowest BCUT2D eigenvalue weighted by atomic mass is 9.99. The van der Waals surface area contributed by atoms with Gasteiger partial charge in [-0.2, -0.15) is 0 Å². The Hall–Kier alpha value is -2.23. The van der Waals surface area contributed by atoms with Crippen LogP contribution in [0.4, 0.5) is 0 Å². The van der Waals surface area contributed by atoms with Crippen LogP contribution in [0, 0.1) is 5.92 Å². The molecule has 1 aromatic carbocycles. The summed E-state index contributed by atoms with van der Waals surface area (Å²) in [7, 11) is 1.67. The maximum absolute atomic E-state index is 6.15. The Labute approximate surface area is 157 Å². The van der Waals surface area contributed by atoms with Gasteiger partial charge in [0.1, 0.15) is 11.3 Å². The Balaban J connectivity index is 0.00000117. The predicted molar refractivity (Wildman–Crippen MR) is 109 cm³/mol. The number of hydrogen-bond acceptors (Lipinski definition) is 3. The number of benzene rings is 1. The van der Waals surface area contributed by atoms with E-state index in [-0.39, 0.29) is 0 Å². The highest BCUT2D eigenvalue weighted by atomic mass is 16.5. The fourth-order valence-corrected chi connectivity index (χ4v) is 3.29. The molecular weight excluding hydrogens is 324 g/mol. The third-order valence-electron chi connectivity index (χ3n) is 4.48. The molecule has 0 saturated heterocycles. The van der Waals surface area contributed by atoms with E-state index < -0.39 is 0 Å². The van der Waals surface area contributed by atoms with E-state index in [1.165, 1.54) is 25.7 Å². The fraction of sp³-hybridized carbons (Fsp3) is 0.500. The van der Waals surface area contributed by atoms with Crippen molar-refractivity contribution < 1.29 is 9.47 Å². The zero-order valence-corrected chi connectivity index (χ0v) is 16.8. The van der Waals surface area contributed by atoms with Crippen molar-refractivity contribution in [3.8, 4) is 11.6 Å². The molecule has 0 aliphatic rings. The van der Waals surface area contributed by atoms with Crippen LogP contribution in [0.5, 0.6) is 11.6 Å². The first-order valence-corrected chi connectivity index (χ1v) is 9.84. The number of fused-ring (bicyclic) bond motifs is 3. The van der Waals surface area contributed by atoms with E-state index in [1.54, 1.807) is 7.11 Å². The van der Waals surface area contributed by atoms with E-state index in [9.17, 15) is 0 Å². The molecule has 26 heavy (non-hydrogen) atoms. The van der Waals surface area contributed by atoms with Crippen LogP contribution in [-0.2, 0) is 0 Å². The van der Waals surface area contributed by atoms with Gasteiger partial charge >= 0.3 is 0 Å². The van der Waals surface area contributed by atoms with Gasteiger partial charge in [-0.3, -0.25) is 0 Å². The maximum atomic E-state index is 6.15. The summed E-state index contributed by atoms with van der Waals surface area (Å²) in [6, 6.07) is 10.0. The Bertz CT molecular complexity index is 804. The Morgan fingerprint density at radius 3 is 2.42 bits per heavy atom. The molecule has 0 spiro atoms. The summed E-state index contributed by atoms with van der Waals surface area (Å²) in [4.78, 5) is 4.75. The highest BCUT2D eigenvalue weighted by molar-refractivity contribution is 5.82. The molecule has 0 bridgehead atoms. The van der Waals surface area contributed by atoms with Crippen LogP contribution in [0.15, 0.2) is 36.5 Å². The lowest BCUT2D eigenvalue weighted by Crippen LogP contribution is -2.13. The van der Waals surface area contributed by atoms with E-state index >= 15 is 0 Å². The Morgan fingerprint density at radius 1 is 1.04 bits per heavy atom. The molecule has 2 heterocycles. The standard InChI is InChI=1S/C20H26N2O2.C2H6/c1-4-7-15(8-5-2)14-24-20-19-9-6-12-22(19)18-11-10-16(23-3)13-17(18)21-20;1-2/h6,9-13,15H,4-5,7-8,14H2,1-3H3;1-2H3. The normalized spacial score (nSPS) is 10.8. The van der Waals surface area contributed by atoms with E-state index in [0.717, 1.165) is 28.9 Å². The molecule has 3 aromatic rings. The van der Waals surface area contributed by atoms with Gasteiger partial charge in [0.25, 0.3) is 0 Å². The molecule has 0 atom stereocenters. The van der Waals surface area contributed by atoms with Gasteiger partial charge in [0, 0.05) is 12.3 Å². The van der Waals surface area contributed by atoms with Crippen molar-refractivity contribution in [1.29, 1.82) is 0 Å².